The molecular weight excluding hydrogens is 316 g/mol. The lowest BCUT2D eigenvalue weighted by Gasteiger charge is -2.23. The maximum atomic E-state index is 12.4. The fourth-order valence-electron chi connectivity index (χ4n) is 2.27. The van der Waals surface area contributed by atoms with Crippen LogP contribution in [0.1, 0.15) is 10.4 Å². The predicted octanol–water partition coefficient (Wildman–Crippen LogP) is 0.703. The standard InChI is InChI=1S/C15H14N4O3S/c16-13(21)9-1-3-11(4-2-9)18-14(22)10-7-19-12(20)5-6-17-15(19)23-8-10/h1-6,10H,7-8H2,(H2,16,21)(H,18,22). The van der Waals surface area contributed by atoms with Gasteiger partial charge in [-0.25, -0.2) is 4.98 Å². The molecule has 2 heterocycles. The van der Waals surface area contributed by atoms with Gasteiger partial charge in [-0.15, -0.1) is 0 Å². The van der Waals surface area contributed by atoms with Crippen LogP contribution in [0.25, 0.3) is 0 Å². The Hall–Kier alpha value is -2.61. The molecule has 1 aliphatic rings. The molecule has 2 amide bonds. The summed E-state index contributed by atoms with van der Waals surface area (Å²) in [4.78, 5) is 39.3. The van der Waals surface area contributed by atoms with Crippen LogP contribution in [0.4, 0.5) is 5.69 Å². The molecule has 1 aliphatic heterocycles. The molecule has 0 aliphatic carbocycles. The maximum absolute atomic E-state index is 12.4. The van der Waals surface area contributed by atoms with Gasteiger partial charge in [0, 0.05) is 35.8 Å². The number of nitrogens with zero attached hydrogens (tertiary/aromatic N) is 2. The highest BCUT2D eigenvalue weighted by Gasteiger charge is 2.26. The van der Waals surface area contributed by atoms with E-state index in [4.69, 9.17) is 5.73 Å². The van der Waals surface area contributed by atoms with E-state index in [1.165, 1.54) is 28.6 Å². The molecule has 3 N–H and O–H groups in total. The number of carbonyl (C=O) groups is 2. The number of benzene rings is 1. The smallest absolute Gasteiger partial charge is 0.254 e. The molecule has 0 spiro atoms. The molecule has 0 bridgehead atoms. The Morgan fingerprint density at radius 2 is 2.00 bits per heavy atom. The molecule has 7 nitrogen and oxygen atoms in total. The van der Waals surface area contributed by atoms with Crippen LogP contribution in [0.2, 0.25) is 0 Å². The largest absolute Gasteiger partial charge is 0.366 e. The number of hydrogen-bond acceptors (Lipinski definition) is 5. The third kappa shape index (κ3) is 3.26. The minimum absolute atomic E-state index is 0.161. The SMILES string of the molecule is NC(=O)c1ccc(NC(=O)C2CSc3nccc(=O)n3C2)cc1. The molecule has 2 aromatic rings. The minimum atomic E-state index is -0.518. The number of carbonyl (C=O) groups excluding carboxylic acids is 2. The second-order valence-corrected chi connectivity index (χ2v) is 6.10. The minimum Gasteiger partial charge on any atom is -0.366 e. The van der Waals surface area contributed by atoms with Crippen LogP contribution in [0, 0.1) is 5.92 Å². The zero-order valence-electron chi connectivity index (χ0n) is 12.1. The highest BCUT2D eigenvalue weighted by molar-refractivity contribution is 7.99. The molecule has 1 aromatic carbocycles. The lowest BCUT2D eigenvalue weighted by Crippen LogP contribution is -2.36. The van der Waals surface area contributed by atoms with Crippen molar-refractivity contribution in [3.63, 3.8) is 0 Å². The molecule has 1 atom stereocenters. The summed E-state index contributed by atoms with van der Waals surface area (Å²) in [5, 5.41) is 3.42. The van der Waals surface area contributed by atoms with Gasteiger partial charge in [0.1, 0.15) is 0 Å². The van der Waals surface area contributed by atoms with Gasteiger partial charge in [-0.3, -0.25) is 19.0 Å². The van der Waals surface area contributed by atoms with E-state index in [9.17, 15) is 14.4 Å². The van der Waals surface area contributed by atoms with Gasteiger partial charge >= 0.3 is 0 Å². The second-order valence-electron chi connectivity index (χ2n) is 5.12. The Bertz CT molecular complexity index is 816. The molecular formula is C15H14N4O3S. The van der Waals surface area contributed by atoms with Crippen molar-refractivity contribution in [2.75, 3.05) is 11.1 Å². The third-order valence-electron chi connectivity index (χ3n) is 3.52. The monoisotopic (exact) mass is 330 g/mol. The summed E-state index contributed by atoms with van der Waals surface area (Å²) in [6.07, 6.45) is 1.47. The molecule has 0 saturated heterocycles. The van der Waals surface area contributed by atoms with E-state index in [-0.39, 0.29) is 17.4 Å². The number of hydrogen-bond donors (Lipinski definition) is 2. The Labute approximate surface area is 135 Å². The number of amides is 2. The number of primary amides is 1. The number of aromatic nitrogens is 2. The van der Waals surface area contributed by atoms with Crippen molar-refractivity contribution in [2.24, 2.45) is 11.7 Å². The van der Waals surface area contributed by atoms with Crippen molar-refractivity contribution in [2.45, 2.75) is 11.7 Å². The van der Waals surface area contributed by atoms with Crippen LogP contribution >= 0.6 is 11.8 Å². The first-order valence-corrected chi connectivity index (χ1v) is 7.92. The summed E-state index contributed by atoms with van der Waals surface area (Å²) in [5.74, 6) is -0.465. The number of rotatable bonds is 3. The number of nitrogens with one attached hydrogen (secondary N) is 1. The van der Waals surface area contributed by atoms with Gasteiger partial charge in [0.25, 0.3) is 5.56 Å². The number of anilines is 1. The maximum Gasteiger partial charge on any atom is 0.254 e. The van der Waals surface area contributed by atoms with E-state index >= 15 is 0 Å². The Morgan fingerprint density at radius 1 is 1.26 bits per heavy atom. The van der Waals surface area contributed by atoms with Crippen molar-refractivity contribution in [3.8, 4) is 0 Å². The van der Waals surface area contributed by atoms with Gasteiger partial charge in [0.2, 0.25) is 11.8 Å². The number of thioether (sulfide) groups is 1. The second kappa shape index (κ2) is 6.25. The van der Waals surface area contributed by atoms with Gasteiger partial charge in [0.05, 0.1) is 5.92 Å². The van der Waals surface area contributed by atoms with Crippen LogP contribution in [0.15, 0.2) is 46.5 Å². The van der Waals surface area contributed by atoms with Gasteiger partial charge in [-0.05, 0) is 24.3 Å². The van der Waals surface area contributed by atoms with Crippen molar-refractivity contribution >= 4 is 29.3 Å². The molecule has 23 heavy (non-hydrogen) atoms. The first-order valence-electron chi connectivity index (χ1n) is 6.94. The van der Waals surface area contributed by atoms with Gasteiger partial charge in [0.15, 0.2) is 5.16 Å². The van der Waals surface area contributed by atoms with Crippen molar-refractivity contribution in [3.05, 3.63) is 52.4 Å². The average molecular weight is 330 g/mol. The van der Waals surface area contributed by atoms with E-state index in [0.717, 1.165) is 0 Å². The van der Waals surface area contributed by atoms with Crippen molar-refractivity contribution in [1.29, 1.82) is 0 Å². The Morgan fingerprint density at radius 3 is 2.70 bits per heavy atom. The summed E-state index contributed by atoms with van der Waals surface area (Å²) in [7, 11) is 0. The average Bonchev–Trinajstić information content (AvgIpc) is 2.55. The predicted molar refractivity (Wildman–Crippen MR) is 86.3 cm³/mol. The summed E-state index contributed by atoms with van der Waals surface area (Å²) in [6.45, 7) is 0.306. The van der Waals surface area contributed by atoms with E-state index < -0.39 is 5.91 Å². The number of nitrogens with two attached hydrogens (primary N) is 1. The summed E-state index contributed by atoms with van der Waals surface area (Å²) in [5.41, 5.74) is 5.97. The van der Waals surface area contributed by atoms with Gasteiger partial charge < -0.3 is 11.1 Å². The van der Waals surface area contributed by atoms with E-state index in [2.05, 4.69) is 10.3 Å². The molecule has 1 aromatic heterocycles. The van der Waals surface area contributed by atoms with Crippen LogP contribution < -0.4 is 16.6 Å². The zero-order valence-corrected chi connectivity index (χ0v) is 12.9. The lowest BCUT2D eigenvalue weighted by atomic mass is 10.1. The quantitative estimate of drug-likeness (QED) is 0.806. The fourth-order valence-corrected chi connectivity index (χ4v) is 3.33. The molecule has 3 rings (SSSR count). The van der Waals surface area contributed by atoms with E-state index in [0.29, 0.717) is 28.7 Å². The zero-order chi connectivity index (χ0) is 16.4. The first-order chi connectivity index (χ1) is 11.0. The highest BCUT2D eigenvalue weighted by Crippen LogP contribution is 2.25. The molecule has 8 heteroatoms. The Kier molecular flexibility index (Phi) is 4.16. The molecule has 0 saturated carbocycles. The third-order valence-corrected chi connectivity index (χ3v) is 4.68. The number of fused-ring (bicyclic) bond motifs is 1. The van der Waals surface area contributed by atoms with E-state index in [1.807, 2.05) is 0 Å². The lowest BCUT2D eigenvalue weighted by molar-refractivity contribution is -0.119. The van der Waals surface area contributed by atoms with Crippen LogP contribution in [0.3, 0.4) is 0 Å². The fraction of sp³-hybridized carbons (Fsp3) is 0.200. The summed E-state index contributed by atoms with van der Waals surface area (Å²) in [6, 6.07) is 7.73. The van der Waals surface area contributed by atoms with Crippen LogP contribution in [0.5, 0.6) is 0 Å². The Balaban J connectivity index is 1.71. The van der Waals surface area contributed by atoms with Gasteiger partial charge in [-0.1, -0.05) is 11.8 Å². The molecule has 0 fully saturated rings. The summed E-state index contributed by atoms with van der Waals surface area (Å²) < 4.78 is 1.51. The van der Waals surface area contributed by atoms with Gasteiger partial charge in [-0.2, -0.15) is 0 Å². The molecule has 0 radical (unpaired) electrons. The first kappa shape index (κ1) is 15.3. The molecule has 118 valence electrons. The molecule has 1 unspecified atom stereocenters. The van der Waals surface area contributed by atoms with E-state index in [1.54, 1.807) is 24.3 Å². The van der Waals surface area contributed by atoms with Crippen LogP contribution in [-0.2, 0) is 11.3 Å². The topological polar surface area (TPSA) is 107 Å². The van der Waals surface area contributed by atoms with Crippen LogP contribution in [-0.4, -0.2) is 27.1 Å². The van der Waals surface area contributed by atoms with Crippen molar-refractivity contribution in [1.82, 2.24) is 9.55 Å². The summed E-state index contributed by atoms with van der Waals surface area (Å²) >= 11 is 1.39. The highest BCUT2D eigenvalue weighted by atomic mass is 32.2. The normalized spacial score (nSPS) is 16.4. The van der Waals surface area contributed by atoms with Crippen molar-refractivity contribution < 1.29 is 9.59 Å².